The van der Waals surface area contributed by atoms with Crippen molar-refractivity contribution in [2.45, 2.75) is 45.4 Å². The van der Waals surface area contributed by atoms with Gasteiger partial charge in [-0.3, -0.25) is 4.79 Å². The van der Waals surface area contributed by atoms with Gasteiger partial charge in [0.15, 0.2) is 0 Å². The molecule has 0 atom stereocenters. The molecule has 0 saturated heterocycles. The molecule has 25 heavy (non-hydrogen) atoms. The third-order valence-electron chi connectivity index (χ3n) is 4.04. The van der Waals surface area contributed by atoms with Crippen molar-refractivity contribution in [2.75, 3.05) is 13.2 Å². The molecule has 2 aromatic rings. The molecule has 6 heteroatoms. The molecule has 0 fully saturated rings. The summed E-state index contributed by atoms with van der Waals surface area (Å²) in [6.07, 6.45) is 5.35. The first-order chi connectivity index (χ1) is 12.0. The van der Waals surface area contributed by atoms with E-state index in [2.05, 4.69) is 24.3 Å². The molecule has 5 nitrogen and oxygen atoms in total. The minimum Gasteiger partial charge on any atom is -0.396 e. The zero-order valence-corrected chi connectivity index (χ0v) is 15.6. The number of hydrogen-bond donors (Lipinski definition) is 2. The van der Waals surface area contributed by atoms with Crippen LogP contribution < -0.4 is 5.32 Å². The highest BCUT2D eigenvalue weighted by Gasteiger charge is 2.20. The summed E-state index contributed by atoms with van der Waals surface area (Å²) in [7, 11) is 0. The average Bonchev–Trinajstić information content (AvgIpc) is 3.04. The lowest BCUT2D eigenvalue weighted by Crippen LogP contribution is -2.25. The number of aliphatic hydroxyl groups excluding tert-OH is 1. The van der Waals surface area contributed by atoms with Gasteiger partial charge in [0.1, 0.15) is 0 Å². The molecule has 0 aliphatic heterocycles. The highest BCUT2D eigenvalue weighted by Crippen LogP contribution is 2.24. The monoisotopic (exact) mass is 363 g/mol. The summed E-state index contributed by atoms with van der Waals surface area (Å²) in [5.41, 5.74) is 2.39. The van der Waals surface area contributed by atoms with Crippen molar-refractivity contribution >= 4 is 17.5 Å². The van der Waals surface area contributed by atoms with Gasteiger partial charge in [0.05, 0.1) is 23.1 Å². The standard InChI is InChI=1S/C19H26ClN3O2/c1-14(2)18-17(19(25)21-11-5-3-4-6-12-24)13-22-23(18)16-9-7-15(20)8-10-16/h7-10,13-14,24H,3-6,11-12H2,1-2H3,(H,21,25). The molecular weight excluding hydrogens is 338 g/mol. The molecule has 0 aliphatic rings. The van der Waals surface area contributed by atoms with Crippen LogP contribution in [0, 0.1) is 0 Å². The Morgan fingerprint density at radius 2 is 1.88 bits per heavy atom. The summed E-state index contributed by atoms with van der Waals surface area (Å²) in [4.78, 5) is 12.5. The Kier molecular flexibility index (Phi) is 7.47. The number of aromatic nitrogens is 2. The Bertz CT molecular complexity index is 680. The highest BCUT2D eigenvalue weighted by molar-refractivity contribution is 6.30. The predicted octanol–water partition coefficient (Wildman–Crippen LogP) is 3.93. The summed E-state index contributed by atoms with van der Waals surface area (Å²) >= 11 is 5.95. The van der Waals surface area contributed by atoms with Crippen molar-refractivity contribution in [3.63, 3.8) is 0 Å². The number of aliphatic hydroxyl groups is 1. The van der Waals surface area contributed by atoms with Crippen LogP contribution in [0.25, 0.3) is 5.69 Å². The van der Waals surface area contributed by atoms with E-state index in [1.165, 1.54) is 0 Å². The highest BCUT2D eigenvalue weighted by atomic mass is 35.5. The number of rotatable bonds is 9. The Morgan fingerprint density at radius 3 is 2.52 bits per heavy atom. The third-order valence-corrected chi connectivity index (χ3v) is 4.29. The molecule has 136 valence electrons. The fourth-order valence-electron chi connectivity index (χ4n) is 2.76. The fourth-order valence-corrected chi connectivity index (χ4v) is 2.89. The van der Waals surface area contributed by atoms with Gasteiger partial charge in [-0.05, 0) is 43.0 Å². The Balaban J connectivity index is 2.08. The lowest BCUT2D eigenvalue weighted by Gasteiger charge is -2.13. The second kappa shape index (κ2) is 9.59. The SMILES string of the molecule is CC(C)c1c(C(=O)NCCCCCCO)cnn1-c1ccc(Cl)cc1. The fraction of sp³-hybridized carbons (Fsp3) is 0.474. The molecule has 1 heterocycles. The number of carbonyl (C=O) groups is 1. The quantitative estimate of drug-likeness (QED) is 0.663. The van der Waals surface area contributed by atoms with Gasteiger partial charge in [-0.2, -0.15) is 5.10 Å². The van der Waals surface area contributed by atoms with Gasteiger partial charge in [-0.15, -0.1) is 0 Å². The predicted molar refractivity (Wildman–Crippen MR) is 101 cm³/mol. The van der Waals surface area contributed by atoms with E-state index in [1.54, 1.807) is 10.9 Å². The summed E-state index contributed by atoms with van der Waals surface area (Å²) in [5.74, 6) is 0.0644. The number of hydrogen-bond acceptors (Lipinski definition) is 3. The second-order valence-electron chi connectivity index (χ2n) is 6.38. The summed E-state index contributed by atoms with van der Waals surface area (Å²) in [6, 6.07) is 7.41. The van der Waals surface area contributed by atoms with E-state index in [9.17, 15) is 4.79 Å². The van der Waals surface area contributed by atoms with Crippen LogP contribution in [0.4, 0.5) is 0 Å². The van der Waals surface area contributed by atoms with Crippen molar-refractivity contribution in [3.05, 3.63) is 46.7 Å². The molecule has 1 aromatic carbocycles. The number of nitrogens with zero attached hydrogens (tertiary/aromatic N) is 2. The zero-order valence-electron chi connectivity index (χ0n) is 14.8. The van der Waals surface area contributed by atoms with Crippen molar-refractivity contribution in [1.82, 2.24) is 15.1 Å². The molecule has 1 aromatic heterocycles. The molecule has 0 radical (unpaired) electrons. The van der Waals surface area contributed by atoms with E-state index < -0.39 is 0 Å². The molecule has 2 rings (SSSR count). The van der Waals surface area contributed by atoms with Crippen LogP contribution in [0.3, 0.4) is 0 Å². The van der Waals surface area contributed by atoms with E-state index in [1.807, 2.05) is 24.3 Å². The van der Waals surface area contributed by atoms with E-state index in [4.69, 9.17) is 16.7 Å². The molecule has 0 saturated carbocycles. The third kappa shape index (κ3) is 5.31. The minimum atomic E-state index is -0.0916. The minimum absolute atomic E-state index is 0.0916. The summed E-state index contributed by atoms with van der Waals surface area (Å²) in [5, 5.41) is 16.8. The number of amides is 1. The van der Waals surface area contributed by atoms with Gasteiger partial charge < -0.3 is 10.4 Å². The van der Waals surface area contributed by atoms with Gasteiger partial charge in [-0.1, -0.05) is 38.3 Å². The number of carbonyl (C=O) groups excluding carboxylic acids is 1. The molecule has 2 N–H and O–H groups in total. The summed E-state index contributed by atoms with van der Waals surface area (Å²) in [6.45, 7) is 4.96. The maximum absolute atomic E-state index is 12.5. The zero-order chi connectivity index (χ0) is 18.2. The Morgan fingerprint density at radius 1 is 1.20 bits per heavy atom. The maximum atomic E-state index is 12.5. The van der Waals surface area contributed by atoms with Gasteiger partial charge in [-0.25, -0.2) is 4.68 Å². The first kappa shape index (κ1) is 19.5. The van der Waals surface area contributed by atoms with Crippen LogP contribution in [0.1, 0.15) is 61.5 Å². The summed E-state index contributed by atoms with van der Waals surface area (Å²) < 4.78 is 1.80. The lowest BCUT2D eigenvalue weighted by molar-refractivity contribution is 0.0951. The first-order valence-electron chi connectivity index (χ1n) is 8.77. The molecular formula is C19H26ClN3O2. The van der Waals surface area contributed by atoms with Crippen LogP contribution in [0.2, 0.25) is 5.02 Å². The second-order valence-corrected chi connectivity index (χ2v) is 6.82. The largest absolute Gasteiger partial charge is 0.396 e. The Hall–Kier alpha value is -1.85. The maximum Gasteiger partial charge on any atom is 0.254 e. The first-order valence-corrected chi connectivity index (χ1v) is 9.15. The van der Waals surface area contributed by atoms with Crippen molar-refractivity contribution in [2.24, 2.45) is 0 Å². The van der Waals surface area contributed by atoms with Gasteiger partial charge >= 0.3 is 0 Å². The molecule has 0 spiro atoms. The van der Waals surface area contributed by atoms with Crippen molar-refractivity contribution < 1.29 is 9.90 Å². The number of halogens is 1. The number of unbranched alkanes of at least 4 members (excludes halogenated alkanes) is 3. The van der Waals surface area contributed by atoms with Crippen molar-refractivity contribution in [3.8, 4) is 5.69 Å². The van der Waals surface area contributed by atoms with E-state index in [0.29, 0.717) is 17.1 Å². The molecule has 0 bridgehead atoms. The number of benzene rings is 1. The van der Waals surface area contributed by atoms with E-state index in [-0.39, 0.29) is 18.4 Å². The van der Waals surface area contributed by atoms with Crippen LogP contribution in [0.15, 0.2) is 30.5 Å². The normalized spacial score (nSPS) is 11.1. The van der Waals surface area contributed by atoms with Crippen LogP contribution >= 0.6 is 11.6 Å². The lowest BCUT2D eigenvalue weighted by atomic mass is 10.0. The van der Waals surface area contributed by atoms with Crippen LogP contribution in [-0.2, 0) is 0 Å². The van der Waals surface area contributed by atoms with Crippen LogP contribution in [-0.4, -0.2) is 33.9 Å². The average molecular weight is 364 g/mol. The number of nitrogens with one attached hydrogen (secondary N) is 1. The van der Waals surface area contributed by atoms with Crippen molar-refractivity contribution in [1.29, 1.82) is 0 Å². The smallest absolute Gasteiger partial charge is 0.254 e. The molecule has 0 unspecified atom stereocenters. The van der Waals surface area contributed by atoms with E-state index in [0.717, 1.165) is 37.1 Å². The van der Waals surface area contributed by atoms with Gasteiger partial charge in [0.2, 0.25) is 0 Å². The Labute approximate surface area is 154 Å². The molecule has 0 aliphatic carbocycles. The van der Waals surface area contributed by atoms with Gasteiger partial charge in [0.25, 0.3) is 5.91 Å². The van der Waals surface area contributed by atoms with E-state index >= 15 is 0 Å². The molecule has 1 amide bonds. The van der Waals surface area contributed by atoms with Gasteiger partial charge in [0, 0.05) is 18.2 Å². The van der Waals surface area contributed by atoms with Crippen LogP contribution in [0.5, 0.6) is 0 Å². The topological polar surface area (TPSA) is 67.2 Å².